The van der Waals surface area contributed by atoms with Crippen LogP contribution >= 0.6 is 0 Å². The molecule has 0 spiro atoms. The molecule has 0 N–H and O–H groups in total. The molecule has 0 radical (unpaired) electrons. The third kappa shape index (κ3) is 5.08. The van der Waals surface area contributed by atoms with Crippen molar-refractivity contribution in [1.82, 2.24) is 0 Å². The Kier molecular flexibility index (Phi) is 8.03. The minimum atomic E-state index is 0.920. The normalized spacial score (nSPS) is 11.9. The van der Waals surface area contributed by atoms with Crippen LogP contribution in [0.25, 0.3) is 98.8 Å². The van der Waals surface area contributed by atoms with Gasteiger partial charge in [-0.15, -0.1) is 0 Å². The maximum absolute atomic E-state index is 6.30. The van der Waals surface area contributed by atoms with Crippen LogP contribution in [0, 0.1) is 55.4 Å². The van der Waals surface area contributed by atoms with Gasteiger partial charge in [-0.05, 0) is 189 Å². The average Bonchev–Trinajstić information content (AvgIpc) is 3.64. The summed E-state index contributed by atoms with van der Waals surface area (Å²) in [6.45, 7) is 18.7. The smallest absolute Gasteiger partial charge is 0.136 e. The zero-order valence-electron chi connectivity index (χ0n) is 34.1. The summed E-state index contributed by atoms with van der Waals surface area (Å²) >= 11 is 0. The van der Waals surface area contributed by atoms with Gasteiger partial charge in [0.1, 0.15) is 11.2 Å². The molecule has 1 aromatic heterocycles. The topological polar surface area (TPSA) is 13.1 Å². The van der Waals surface area contributed by atoms with Gasteiger partial charge in [0.15, 0.2) is 0 Å². The molecule has 276 valence electrons. The highest BCUT2D eigenvalue weighted by Gasteiger charge is 2.27. The lowest BCUT2D eigenvalue weighted by molar-refractivity contribution is 0.669. The number of rotatable bonds is 4. The molecule has 10 aromatic rings. The van der Waals surface area contributed by atoms with Crippen molar-refractivity contribution in [1.29, 1.82) is 0 Å². The fourth-order valence-corrected chi connectivity index (χ4v) is 9.90. The lowest BCUT2D eigenvalue weighted by Gasteiger charge is -2.27. The molecule has 0 bridgehead atoms. The summed E-state index contributed by atoms with van der Waals surface area (Å²) in [7, 11) is 0. The Balaban J connectivity index is 1.33. The van der Waals surface area contributed by atoms with Gasteiger partial charge in [-0.1, -0.05) is 121 Å². The van der Waals surface area contributed by atoms with Crippen LogP contribution in [0.3, 0.4) is 0 Å². The summed E-state index contributed by atoms with van der Waals surface area (Å²) in [6.07, 6.45) is 0. The molecule has 57 heavy (non-hydrogen) atoms. The molecule has 0 aliphatic heterocycles. The van der Waals surface area contributed by atoms with Gasteiger partial charge in [0.25, 0.3) is 0 Å². The quantitative estimate of drug-likeness (QED) is 0.164. The Labute approximate surface area is 335 Å². The molecule has 1 heterocycles. The number of hydrogen-bond acceptors (Lipinski definition) is 1. The molecule has 0 saturated carbocycles. The highest BCUT2D eigenvalue weighted by Crippen LogP contribution is 2.52. The molecular formula is C56H46O. The van der Waals surface area contributed by atoms with Gasteiger partial charge < -0.3 is 4.42 Å². The van der Waals surface area contributed by atoms with Crippen LogP contribution in [0.1, 0.15) is 44.5 Å². The molecule has 0 amide bonds. The maximum atomic E-state index is 6.30. The van der Waals surface area contributed by atoms with Gasteiger partial charge >= 0.3 is 0 Å². The van der Waals surface area contributed by atoms with E-state index in [1.807, 2.05) is 6.07 Å². The predicted octanol–water partition coefficient (Wildman–Crippen LogP) is 16.2. The SMILES string of the molecule is Cc1c(C)c(C)c2c(-c3ccc(-c4ccccc4)c4ccccc34)c3c(C)c(C)c(C)c(C)c3c(-c3ccc(-c4cccc5oc6ccccc6c45)cc3)c2c1C. The fraction of sp³-hybridized carbons (Fsp3) is 0.143. The van der Waals surface area contributed by atoms with E-state index in [0.717, 1.165) is 16.6 Å². The monoisotopic (exact) mass is 734 g/mol. The second kappa shape index (κ2) is 13.1. The lowest BCUT2D eigenvalue weighted by Crippen LogP contribution is -2.04. The molecule has 0 fully saturated rings. The molecular weight excluding hydrogens is 689 g/mol. The summed E-state index contributed by atoms with van der Waals surface area (Å²) in [6, 6.07) is 48.8. The molecule has 0 unspecified atom stereocenters. The maximum Gasteiger partial charge on any atom is 0.136 e. The average molecular weight is 735 g/mol. The van der Waals surface area contributed by atoms with Crippen LogP contribution in [-0.4, -0.2) is 0 Å². The lowest BCUT2D eigenvalue weighted by atomic mass is 9.76. The summed E-state index contributed by atoms with van der Waals surface area (Å²) < 4.78 is 6.30. The molecule has 0 aliphatic carbocycles. The first-order valence-electron chi connectivity index (χ1n) is 20.2. The van der Waals surface area contributed by atoms with Crippen LogP contribution in [-0.2, 0) is 0 Å². The minimum Gasteiger partial charge on any atom is -0.456 e. The van der Waals surface area contributed by atoms with Crippen molar-refractivity contribution in [2.24, 2.45) is 0 Å². The van der Waals surface area contributed by atoms with Crippen LogP contribution in [0.2, 0.25) is 0 Å². The predicted molar refractivity (Wildman–Crippen MR) is 246 cm³/mol. The first kappa shape index (κ1) is 35.0. The number of furan rings is 1. The third-order valence-electron chi connectivity index (χ3n) is 13.5. The number of hydrogen-bond donors (Lipinski definition) is 0. The van der Waals surface area contributed by atoms with E-state index in [0.29, 0.717) is 0 Å². The Hall–Kier alpha value is -6.44. The molecule has 0 atom stereocenters. The largest absolute Gasteiger partial charge is 0.456 e. The second-order valence-electron chi connectivity index (χ2n) is 16.2. The number of para-hydroxylation sites is 1. The van der Waals surface area contributed by atoms with Gasteiger partial charge in [-0.3, -0.25) is 0 Å². The molecule has 0 saturated heterocycles. The second-order valence-corrected chi connectivity index (χ2v) is 16.2. The standard InChI is InChI=1S/C56H46O/c1-31-33(3)37(7)52-50(35(31)5)54(41-27-25-40(26-28-41)43-22-16-24-49-55(43)47-21-14-15-23-48(47)57-49)51-36(6)32(2)34(4)38(8)53(51)56(52)46-30-29-42(39-17-10-9-11-18-39)44-19-12-13-20-45(44)46/h9-30H,1-8H3. The van der Waals surface area contributed by atoms with Crippen LogP contribution in [0.15, 0.2) is 138 Å². The first-order valence-corrected chi connectivity index (χ1v) is 20.2. The molecule has 9 aromatic carbocycles. The third-order valence-corrected chi connectivity index (χ3v) is 13.5. The van der Waals surface area contributed by atoms with Gasteiger partial charge in [0, 0.05) is 10.8 Å². The Bertz CT molecular complexity index is 3200. The van der Waals surface area contributed by atoms with E-state index < -0.39 is 0 Å². The summed E-state index contributed by atoms with van der Waals surface area (Å²) in [5.41, 5.74) is 22.8. The Morgan fingerprint density at radius 2 is 0.702 bits per heavy atom. The summed E-state index contributed by atoms with van der Waals surface area (Å²) in [4.78, 5) is 0. The van der Waals surface area contributed by atoms with E-state index in [1.54, 1.807) is 0 Å². The summed E-state index contributed by atoms with van der Waals surface area (Å²) in [5.74, 6) is 0. The molecule has 0 aliphatic rings. The highest BCUT2D eigenvalue weighted by atomic mass is 16.3. The number of fused-ring (bicyclic) bond motifs is 6. The van der Waals surface area contributed by atoms with Crippen LogP contribution < -0.4 is 0 Å². The highest BCUT2D eigenvalue weighted by molar-refractivity contribution is 6.27. The van der Waals surface area contributed by atoms with Gasteiger partial charge in [0.2, 0.25) is 0 Å². The number of benzene rings is 9. The van der Waals surface area contributed by atoms with E-state index in [4.69, 9.17) is 4.42 Å². The van der Waals surface area contributed by atoms with E-state index in [-0.39, 0.29) is 0 Å². The van der Waals surface area contributed by atoms with Gasteiger partial charge in [-0.2, -0.15) is 0 Å². The molecule has 10 rings (SSSR count). The van der Waals surface area contributed by atoms with Crippen LogP contribution in [0.4, 0.5) is 0 Å². The van der Waals surface area contributed by atoms with Crippen LogP contribution in [0.5, 0.6) is 0 Å². The van der Waals surface area contributed by atoms with Gasteiger partial charge in [-0.25, -0.2) is 0 Å². The molecule has 1 nitrogen and oxygen atoms in total. The summed E-state index contributed by atoms with van der Waals surface area (Å²) in [5, 5.41) is 10.3. The number of aryl methyl sites for hydroxylation is 4. The van der Waals surface area contributed by atoms with Crippen molar-refractivity contribution in [2.45, 2.75) is 55.4 Å². The Morgan fingerprint density at radius 1 is 0.263 bits per heavy atom. The van der Waals surface area contributed by atoms with Crippen molar-refractivity contribution < 1.29 is 4.42 Å². The fourth-order valence-electron chi connectivity index (χ4n) is 9.90. The first-order chi connectivity index (χ1) is 27.7. The minimum absolute atomic E-state index is 0.920. The van der Waals surface area contributed by atoms with E-state index in [1.165, 1.54) is 127 Å². The van der Waals surface area contributed by atoms with E-state index >= 15 is 0 Å². The Morgan fingerprint density at radius 3 is 1.30 bits per heavy atom. The van der Waals surface area contributed by atoms with Crippen molar-refractivity contribution >= 4 is 54.3 Å². The van der Waals surface area contributed by atoms with Crippen molar-refractivity contribution in [3.63, 3.8) is 0 Å². The van der Waals surface area contributed by atoms with E-state index in [9.17, 15) is 0 Å². The van der Waals surface area contributed by atoms with Crippen molar-refractivity contribution in [2.75, 3.05) is 0 Å². The zero-order valence-corrected chi connectivity index (χ0v) is 34.1. The van der Waals surface area contributed by atoms with Crippen molar-refractivity contribution in [3.05, 3.63) is 178 Å². The van der Waals surface area contributed by atoms with Gasteiger partial charge in [0.05, 0.1) is 0 Å². The zero-order chi connectivity index (χ0) is 39.3. The van der Waals surface area contributed by atoms with E-state index in [2.05, 4.69) is 183 Å². The van der Waals surface area contributed by atoms with Crippen molar-refractivity contribution in [3.8, 4) is 44.5 Å². The molecule has 1 heteroatoms.